The summed E-state index contributed by atoms with van der Waals surface area (Å²) in [5.41, 5.74) is 0.698. The average molecular weight is 331 g/mol. The van der Waals surface area contributed by atoms with Crippen LogP contribution in [0.1, 0.15) is 32.3 Å². The minimum absolute atomic E-state index is 0.00729. The highest BCUT2D eigenvalue weighted by Gasteiger charge is 2.36. The lowest BCUT2D eigenvalue weighted by atomic mass is 10.1. The molecule has 2 atom stereocenters. The molecule has 118 valence electrons. The second-order valence-electron chi connectivity index (χ2n) is 5.56. The van der Waals surface area contributed by atoms with Crippen LogP contribution in [0.25, 0.3) is 0 Å². The van der Waals surface area contributed by atoms with E-state index in [4.69, 9.17) is 11.6 Å². The quantitative estimate of drug-likeness (QED) is 0.923. The molecule has 1 aromatic rings. The monoisotopic (exact) mass is 330 g/mol. The van der Waals surface area contributed by atoms with E-state index in [0.717, 1.165) is 12.8 Å². The van der Waals surface area contributed by atoms with Crippen molar-refractivity contribution in [2.24, 2.45) is 0 Å². The molecule has 0 radical (unpaired) electrons. The third-order valence-electron chi connectivity index (χ3n) is 4.14. The molecule has 1 aliphatic heterocycles. The maximum absolute atomic E-state index is 13.0. The molecule has 2 rings (SSSR count). The molecule has 1 aliphatic rings. The molecule has 1 saturated heterocycles. The van der Waals surface area contributed by atoms with Gasteiger partial charge in [-0.2, -0.15) is 4.31 Å². The predicted octanol–water partition coefficient (Wildman–Crippen LogP) is 2.80. The number of rotatable bonds is 4. The Hall–Kier alpha value is -0.620. The Balaban J connectivity index is 2.40. The van der Waals surface area contributed by atoms with Crippen LogP contribution >= 0.6 is 11.6 Å². The molecule has 0 spiro atoms. The Kier molecular flexibility index (Phi) is 5.30. The molecule has 0 aliphatic carbocycles. The van der Waals surface area contributed by atoms with Crippen molar-refractivity contribution in [3.63, 3.8) is 0 Å². The van der Waals surface area contributed by atoms with E-state index in [1.165, 1.54) is 0 Å². The van der Waals surface area contributed by atoms with Crippen molar-refractivity contribution >= 4 is 21.6 Å². The van der Waals surface area contributed by atoms with Gasteiger partial charge >= 0.3 is 0 Å². The molecule has 1 aromatic carbocycles. The summed E-state index contributed by atoms with van der Waals surface area (Å²) in [4.78, 5) is 0.363. The highest BCUT2D eigenvalue weighted by atomic mass is 35.5. The van der Waals surface area contributed by atoms with Gasteiger partial charge in [0.25, 0.3) is 0 Å². The molecule has 0 amide bonds. The van der Waals surface area contributed by atoms with E-state index in [0.29, 0.717) is 28.6 Å². The number of hydrogen-bond acceptors (Lipinski definition) is 3. The molecule has 0 saturated carbocycles. The molecule has 0 bridgehead atoms. The van der Waals surface area contributed by atoms with E-state index in [2.05, 4.69) is 12.2 Å². The van der Waals surface area contributed by atoms with Crippen LogP contribution in [0.3, 0.4) is 0 Å². The second kappa shape index (κ2) is 6.65. The minimum atomic E-state index is -3.48. The topological polar surface area (TPSA) is 49.4 Å². The van der Waals surface area contributed by atoms with Gasteiger partial charge in [-0.3, -0.25) is 0 Å². The van der Waals surface area contributed by atoms with Crippen molar-refractivity contribution in [3.05, 3.63) is 28.8 Å². The first-order chi connectivity index (χ1) is 9.90. The summed E-state index contributed by atoms with van der Waals surface area (Å²) in [7, 11) is -3.48. The van der Waals surface area contributed by atoms with E-state index < -0.39 is 10.0 Å². The summed E-state index contributed by atoms with van der Waals surface area (Å²) >= 11 is 5.94. The second-order valence-corrected chi connectivity index (χ2v) is 7.86. The Morgan fingerprint density at radius 1 is 1.33 bits per heavy atom. The summed E-state index contributed by atoms with van der Waals surface area (Å²) in [6.45, 7) is 7.12. The van der Waals surface area contributed by atoms with Crippen molar-refractivity contribution in [1.82, 2.24) is 9.62 Å². The smallest absolute Gasteiger partial charge is 0.243 e. The number of halogens is 1. The number of nitrogens with zero attached hydrogens (tertiary/aromatic N) is 1. The maximum atomic E-state index is 13.0. The molecule has 6 heteroatoms. The fraction of sp³-hybridized carbons (Fsp3) is 0.600. The Labute approximate surface area is 132 Å². The summed E-state index contributed by atoms with van der Waals surface area (Å²) in [6.07, 6.45) is 1.72. The van der Waals surface area contributed by atoms with Crippen LogP contribution < -0.4 is 5.32 Å². The SMILES string of the molecule is CCC1CN(S(=O)(=O)c2ccc(Cl)cc2C)C(CC)CN1. The number of nitrogens with one attached hydrogen (secondary N) is 1. The summed E-state index contributed by atoms with van der Waals surface area (Å²) in [5.74, 6) is 0. The minimum Gasteiger partial charge on any atom is -0.311 e. The first kappa shape index (κ1) is 16.7. The van der Waals surface area contributed by atoms with Crippen molar-refractivity contribution < 1.29 is 8.42 Å². The molecule has 1 fully saturated rings. The van der Waals surface area contributed by atoms with Gasteiger partial charge in [0.15, 0.2) is 0 Å². The molecule has 4 nitrogen and oxygen atoms in total. The van der Waals surface area contributed by atoms with Crippen LogP contribution in [0, 0.1) is 6.92 Å². The van der Waals surface area contributed by atoms with Crippen LogP contribution in [-0.4, -0.2) is 37.9 Å². The molecular formula is C15H23ClN2O2S. The number of piperazine rings is 1. The van der Waals surface area contributed by atoms with Crippen LogP contribution in [0.5, 0.6) is 0 Å². The molecule has 1 N–H and O–H groups in total. The first-order valence-corrected chi connectivity index (χ1v) is 9.23. The van der Waals surface area contributed by atoms with Gasteiger partial charge in [-0.1, -0.05) is 25.4 Å². The zero-order valence-electron chi connectivity index (χ0n) is 12.8. The van der Waals surface area contributed by atoms with Gasteiger partial charge < -0.3 is 5.32 Å². The molecule has 2 unspecified atom stereocenters. The zero-order chi connectivity index (χ0) is 15.6. The fourth-order valence-electron chi connectivity index (χ4n) is 2.78. The summed E-state index contributed by atoms with van der Waals surface area (Å²) < 4.78 is 27.7. The zero-order valence-corrected chi connectivity index (χ0v) is 14.3. The van der Waals surface area contributed by atoms with E-state index >= 15 is 0 Å². The van der Waals surface area contributed by atoms with Crippen molar-refractivity contribution in [3.8, 4) is 0 Å². The molecule has 0 aromatic heterocycles. The van der Waals surface area contributed by atoms with Crippen molar-refractivity contribution in [2.45, 2.75) is 50.6 Å². The van der Waals surface area contributed by atoms with Gasteiger partial charge in [-0.05, 0) is 43.5 Å². The van der Waals surface area contributed by atoms with Crippen molar-refractivity contribution in [2.75, 3.05) is 13.1 Å². The standard InChI is InChI=1S/C15H23ClN2O2S/c1-4-13-10-18(14(5-2)9-17-13)21(19,20)15-7-6-12(16)8-11(15)3/h6-8,13-14,17H,4-5,9-10H2,1-3H3. The average Bonchev–Trinajstić information content (AvgIpc) is 2.46. The lowest BCUT2D eigenvalue weighted by molar-refractivity contribution is 0.215. The van der Waals surface area contributed by atoms with Crippen LogP contribution in [0.4, 0.5) is 0 Å². The van der Waals surface area contributed by atoms with Crippen LogP contribution in [0.2, 0.25) is 5.02 Å². The number of hydrogen-bond donors (Lipinski definition) is 1. The Morgan fingerprint density at radius 2 is 2.05 bits per heavy atom. The normalized spacial score (nSPS) is 24.2. The number of sulfonamides is 1. The van der Waals surface area contributed by atoms with Gasteiger partial charge in [-0.25, -0.2) is 8.42 Å². The van der Waals surface area contributed by atoms with E-state index in [9.17, 15) is 8.42 Å². The largest absolute Gasteiger partial charge is 0.311 e. The van der Waals surface area contributed by atoms with Gasteiger partial charge in [0.05, 0.1) is 4.90 Å². The molecule has 21 heavy (non-hydrogen) atoms. The third-order valence-corrected chi connectivity index (χ3v) is 6.45. The number of benzene rings is 1. The van der Waals surface area contributed by atoms with E-state index in [1.54, 1.807) is 29.4 Å². The first-order valence-electron chi connectivity index (χ1n) is 7.41. The van der Waals surface area contributed by atoms with Gasteiger partial charge in [-0.15, -0.1) is 0 Å². The predicted molar refractivity (Wildman–Crippen MR) is 86.2 cm³/mol. The lowest BCUT2D eigenvalue weighted by Gasteiger charge is -2.39. The molecular weight excluding hydrogens is 308 g/mol. The molecule has 1 heterocycles. The van der Waals surface area contributed by atoms with Gasteiger partial charge in [0.2, 0.25) is 10.0 Å². The fourth-order valence-corrected chi connectivity index (χ4v) is 4.96. The van der Waals surface area contributed by atoms with Crippen molar-refractivity contribution in [1.29, 1.82) is 0 Å². The van der Waals surface area contributed by atoms with Crippen LogP contribution in [0.15, 0.2) is 23.1 Å². The van der Waals surface area contributed by atoms with Gasteiger partial charge in [0, 0.05) is 30.2 Å². The Bertz CT molecular complexity index is 604. The lowest BCUT2D eigenvalue weighted by Crippen LogP contribution is -2.57. The third kappa shape index (κ3) is 3.42. The number of aryl methyl sites for hydroxylation is 1. The highest BCUT2D eigenvalue weighted by Crippen LogP contribution is 2.26. The summed E-state index contributed by atoms with van der Waals surface area (Å²) in [5, 5.41) is 3.98. The van der Waals surface area contributed by atoms with Crippen LogP contribution in [-0.2, 0) is 10.0 Å². The van der Waals surface area contributed by atoms with E-state index in [1.807, 2.05) is 6.92 Å². The van der Waals surface area contributed by atoms with Gasteiger partial charge in [0.1, 0.15) is 0 Å². The van der Waals surface area contributed by atoms with E-state index in [-0.39, 0.29) is 12.1 Å². The Morgan fingerprint density at radius 3 is 2.62 bits per heavy atom. The summed E-state index contributed by atoms with van der Waals surface area (Å²) in [6, 6.07) is 5.18. The highest BCUT2D eigenvalue weighted by molar-refractivity contribution is 7.89. The maximum Gasteiger partial charge on any atom is 0.243 e.